The molecule has 0 amide bonds. The summed E-state index contributed by atoms with van der Waals surface area (Å²) in [5.41, 5.74) is 4.16. The summed E-state index contributed by atoms with van der Waals surface area (Å²) in [7, 11) is 2.02. The minimum Gasteiger partial charge on any atom is -0.369 e. The molecule has 0 saturated carbocycles. The summed E-state index contributed by atoms with van der Waals surface area (Å²) in [6.45, 7) is 11.1. The summed E-state index contributed by atoms with van der Waals surface area (Å²) in [5.74, 6) is 0. The molecule has 2 nitrogen and oxygen atoms in total. The van der Waals surface area contributed by atoms with E-state index in [2.05, 4.69) is 56.1 Å². The molecule has 1 unspecified atom stereocenters. The van der Waals surface area contributed by atoms with E-state index in [4.69, 9.17) is 0 Å². The molecule has 0 aliphatic heterocycles. The highest BCUT2D eigenvalue weighted by Crippen LogP contribution is 2.25. The van der Waals surface area contributed by atoms with Crippen molar-refractivity contribution in [2.24, 2.45) is 0 Å². The molecular formula is C17H30N2. The number of nitrogens with one attached hydrogen (secondary N) is 1. The Hall–Kier alpha value is -1.02. The van der Waals surface area contributed by atoms with Crippen LogP contribution >= 0.6 is 0 Å². The molecule has 0 fully saturated rings. The van der Waals surface area contributed by atoms with Crippen LogP contribution in [0.3, 0.4) is 0 Å². The van der Waals surface area contributed by atoms with Gasteiger partial charge in [0.2, 0.25) is 0 Å². The largest absolute Gasteiger partial charge is 0.369 e. The number of hydrogen-bond acceptors (Lipinski definition) is 2. The minimum absolute atomic E-state index is 0.602. The van der Waals surface area contributed by atoms with Crippen molar-refractivity contribution < 1.29 is 0 Å². The van der Waals surface area contributed by atoms with Crippen LogP contribution in [0.15, 0.2) is 18.2 Å². The first-order valence-corrected chi connectivity index (χ1v) is 7.64. The molecule has 0 spiro atoms. The first-order chi connectivity index (χ1) is 9.13. The van der Waals surface area contributed by atoms with Crippen molar-refractivity contribution in [1.29, 1.82) is 0 Å². The SMILES string of the molecule is CCCCN(c1ccc(C)cc1CNC)C(C)CC. The van der Waals surface area contributed by atoms with Crippen molar-refractivity contribution in [1.82, 2.24) is 5.32 Å². The zero-order valence-electron chi connectivity index (χ0n) is 13.3. The summed E-state index contributed by atoms with van der Waals surface area (Å²) in [4.78, 5) is 2.58. The Bertz CT molecular complexity index is 374. The van der Waals surface area contributed by atoms with E-state index in [-0.39, 0.29) is 0 Å². The normalized spacial score (nSPS) is 12.5. The highest BCUT2D eigenvalue weighted by atomic mass is 15.2. The van der Waals surface area contributed by atoms with Crippen LogP contribution in [0, 0.1) is 6.92 Å². The van der Waals surface area contributed by atoms with Gasteiger partial charge in [0, 0.05) is 24.8 Å². The summed E-state index contributed by atoms with van der Waals surface area (Å²) < 4.78 is 0. The van der Waals surface area contributed by atoms with Crippen molar-refractivity contribution in [2.45, 2.75) is 59.5 Å². The molecule has 2 heteroatoms. The van der Waals surface area contributed by atoms with Gasteiger partial charge in [-0.05, 0) is 45.4 Å². The van der Waals surface area contributed by atoms with E-state index in [9.17, 15) is 0 Å². The van der Waals surface area contributed by atoms with Crippen molar-refractivity contribution in [3.05, 3.63) is 29.3 Å². The smallest absolute Gasteiger partial charge is 0.0414 e. The quantitative estimate of drug-likeness (QED) is 0.758. The molecule has 1 N–H and O–H groups in total. The first-order valence-electron chi connectivity index (χ1n) is 7.64. The fourth-order valence-electron chi connectivity index (χ4n) is 2.45. The van der Waals surface area contributed by atoms with Gasteiger partial charge in [0.25, 0.3) is 0 Å². The monoisotopic (exact) mass is 262 g/mol. The second kappa shape index (κ2) is 8.21. The van der Waals surface area contributed by atoms with E-state index in [1.54, 1.807) is 0 Å². The molecular weight excluding hydrogens is 232 g/mol. The first kappa shape index (κ1) is 16.0. The van der Waals surface area contributed by atoms with E-state index >= 15 is 0 Å². The predicted molar refractivity (Wildman–Crippen MR) is 85.9 cm³/mol. The molecule has 1 aromatic carbocycles. The third-order valence-electron chi connectivity index (χ3n) is 3.79. The predicted octanol–water partition coefficient (Wildman–Crippen LogP) is 4.12. The number of rotatable bonds is 8. The van der Waals surface area contributed by atoms with Crippen LogP contribution in [0.2, 0.25) is 0 Å². The van der Waals surface area contributed by atoms with E-state index in [0.717, 1.165) is 13.1 Å². The second-order valence-corrected chi connectivity index (χ2v) is 5.47. The molecule has 0 bridgehead atoms. The van der Waals surface area contributed by atoms with Gasteiger partial charge in [0.05, 0.1) is 0 Å². The Morgan fingerprint density at radius 1 is 1.26 bits per heavy atom. The van der Waals surface area contributed by atoms with Gasteiger partial charge in [-0.2, -0.15) is 0 Å². The lowest BCUT2D eigenvalue weighted by Gasteiger charge is -2.33. The van der Waals surface area contributed by atoms with E-state index in [0.29, 0.717) is 6.04 Å². The van der Waals surface area contributed by atoms with E-state index in [1.807, 2.05) is 7.05 Å². The standard InChI is InChI=1S/C17H30N2/c1-6-8-11-19(15(4)7-2)17-10-9-14(3)12-16(17)13-18-5/h9-10,12,15,18H,6-8,11,13H2,1-5H3. The lowest BCUT2D eigenvalue weighted by Crippen LogP contribution is -2.34. The van der Waals surface area contributed by atoms with Gasteiger partial charge < -0.3 is 10.2 Å². The third-order valence-corrected chi connectivity index (χ3v) is 3.79. The van der Waals surface area contributed by atoms with Crippen LogP contribution in [0.1, 0.15) is 51.2 Å². The highest BCUT2D eigenvalue weighted by molar-refractivity contribution is 5.55. The van der Waals surface area contributed by atoms with Gasteiger partial charge in [0.1, 0.15) is 0 Å². The lowest BCUT2D eigenvalue weighted by molar-refractivity contribution is 0.592. The lowest BCUT2D eigenvalue weighted by atomic mass is 10.1. The van der Waals surface area contributed by atoms with E-state index in [1.165, 1.54) is 36.1 Å². The molecule has 19 heavy (non-hydrogen) atoms. The van der Waals surface area contributed by atoms with Gasteiger partial charge >= 0.3 is 0 Å². The van der Waals surface area contributed by atoms with Gasteiger partial charge in [-0.1, -0.05) is 38.0 Å². The van der Waals surface area contributed by atoms with Crippen molar-refractivity contribution in [2.75, 3.05) is 18.5 Å². The zero-order chi connectivity index (χ0) is 14.3. The Morgan fingerprint density at radius 3 is 2.58 bits per heavy atom. The third kappa shape index (κ3) is 4.54. The van der Waals surface area contributed by atoms with Crippen molar-refractivity contribution >= 4 is 5.69 Å². The molecule has 108 valence electrons. The Kier molecular flexibility index (Phi) is 6.93. The average molecular weight is 262 g/mol. The van der Waals surface area contributed by atoms with Gasteiger partial charge in [-0.25, -0.2) is 0 Å². The number of aryl methyl sites for hydroxylation is 1. The zero-order valence-corrected chi connectivity index (χ0v) is 13.3. The fourth-order valence-corrected chi connectivity index (χ4v) is 2.45. The molecule has 1 atom stereocenters. The maximum absolute atomic E-state index is 3.29. The maximum atomic E-state index is 3.29. The molecule has 0 heterocycles. The molecule has 0 radical (unpaired) electrons. The number of anilines is 1. The summed E-state index contributed by atoms with van der Waals surface area (Å²) >= 11 is 0. The van der Waals surface area contributed by atoms with Crippen LogP contribution in [-0.4, -0.2) is 19.6 Å². The summed E-state index contributed by atoms with van der Waals surface area (Å²) in [6, 6.07) is 7.44. The molecule has 1 aromatic rings. The van der Waals surface area contributed by atoms with Crippen LogP contribution in [-0.2, 0) is 6.54 Å². The minimum atomic E-state index is 0.602. The van der Waals surface area contributed by atoms with E-state index < -0.39 is 0 Å². The number of nitrogens with zero attached hydrogens (tertiary/aromatic N) is 1. The number of benzene rings is 1. The Morgan fingerprint density at radius 2 is 2.00 bits per heavy atom. The van der Waals surface area contributed by atoms with Gasteiger partial charge in [-0.3, -0.25) is 0 Å². The molecule has 0 aliphatic rings. The van der Waals surface area contributed by atoms with Gasteiger partial charge in [-0.15, -0.1) is 0 Å². The van der Waals surface area contributed by atoms with Crippen LogP contribution in [0.5, 0.6) is 0 Å². The molecule has 0 saturated heterocycles. The fraction of sp³-hybridized carbons (Fsp3) is 0.647. The van der Waals surface area contributed by atoms with Crippen molar-refractivity contribution in [3.8, 4) is 0 Å². The molecule has 0 aliphatic carbocycles. The Labute approximate surface area is 119 Å². The highest BCUT2D eigenvalue weighted by Gasteiger charge is 2.15. The van der Waals surface area contributed by atoms with Crippen LogP contribution in [0.25, 0.3) is 0 Å². The number of hydrogen-bond donors (Lipinski definition) is 1. The summed E-state index contributed by atoms with van der Waals surface area (Å²) in [6.07, 6.45) is 3.70. The summed E-state index contributed by atoms with van der Waals surface area (Å²) in [5, 5.41) is 3.29. The second-order valence-electron chi connectivity index (χ2n) is 5.47. The van der Waals surface area contributed by atoms with Crippen LogP contribution < -0.4 is 10.2 Å². The number of unbranched alkanes of at least 4 members (excludes halogenated alkanes) is 1. The van der Waals surface area contributed by atoms with Crippen LogP contribution in [0.4, 0.5) is 5.69 Å². The van der Waals surface area contributed by atoms with Crippen molar-refractivity contribution in [3.63, 3.8) is 0 Å². The maximum Gasteiger partial charge on any atom is 0.0414 e. The molecule has 1 rings (SSSR count). The average Bonchev–Trinajstić information content (AvgIpc) is 2.41. The molecule has 0 aromatic heterocycles. The Balaban J connectivity index is 3.05. The topological polar surface area (TPSA) is 15.3 Å². The van der Waals surface area contributed by atoms with Gasteiger partial charge in [0.15, 0.2) is 0 Å².